The lowest BCUT2D eigenvalue weighted by Gasteiger charge is -2.32. The fraction of sp³-hybridized carbons (Fsp3) is 0.619. The molecule has 2 aliphatic rings. The molecule has 3 heterocycles. The molecule has 3 atom stereocenters. The number of hydrogen-bond donors (Lipinski definition) is 3. The van der Waals surface area contributed by atoms with E-state index in [1.165, 1.54) is 10.7 Å². The second kappa shape index (κ2) is 8.99. The van der Waals surface area contributed by atoms with Gasteiger partial charge < -0.3 is 15.7 Å². The first-order chi connectivity index (χ1) is 15.9. The Kier molecular flexibility index (Phi) is 6.38. The average molecular weight is 489 g/mol. The molecule has 2 aromatic rings. The minimum atomic E-state index is -4.40. The standard InChI is InChI=1S/C21H24F5N5O3/c22-20(23)5-3-11(4-6-20)17(29-19(33)34)15-10-31-16(28-15)2-1-14(30-31)8-12-7-13(21(24,25)26)9-27-18(12)32/h1-2,10-13,17,29H,3-9H2,(H,27,32)(H,33,34)/t12?,13-,17-/m0/s1. The molecule has 1 aliphatic heterocycles. The summed E-state index contributed by atoms with van der Waals surface area (Å²) in [4.78, 5) is 27.8. The van der Waals surface area contributed by atoms with Crippen LogP contribution in [0.3, 0.4) is 0 Å². The van der Waals surface area contributed by atoms with Crippen molar-refractivity contribution in [2.45, 2.75) is 56.7 Å². The van der Waals surface area contributed by atoms with Gasteiger partial charge in [-0.25, -0.2) is 23.1 Å². The quantitative estimate of drug-likeness (QED) is 0.555. The van der Waals surface area contributed by atoms with Gasteiger partial charge in [0.15, 0.2) is 5.65 Å². The molecule has 1 saturated heterocycles. The van der Waals surface area contributed by atoms with E-state index >= 15 is 0 Å². The third kappa shape index (κ3) is 5.39. The number of fused-ring (bicyclic) bond motifs is 1. The summed E-state index contributed by atoms with van der Waals surface area (Å²) >= 11 is 0. The van der Waals surface area contributed by atoms with Crippen LogP contribution < -0.4 is 10.6 Å². The lowest BCUT2D eigenvalue weighted by molar-refractivity contribution is -0.183. The van der Waals surface area contributed by atoms with E-state index in [4.69, 9.17) is 0 Å². The first-order valence-electron chi connectivity index (χ1n) is 11.0. The highest BCUT2D eigenvalue weighted by atomic mass is 19.4. The maximum atomic E-state index is 13.6. The van der Waals surface area contributed by atoms with E-state index in [2.05, 4.69) is 20.7 Å². The molecule has 0 bridgehead atoms. The Hall–Kier alpha value is -2.99. The molecule has 0 radical (unpaired) electrons. The van der Waals surface area contributed by atoms with Crippen LogP contribution in [0.5, 0.6) is 0 Å². The molecular weight excluding hydrogens is 465 g/mol. The summed E-state index contributed by atoms with van der Waals surface area (Å²) in [5.41, 5.74) is 1.05. The number of aromatic nitrogens is 3. The van der Waals surface area contributed by atoms with Crippen molar-refractivity contribution in [3.63, 3.8) is 0 Å². The number of hydrogen-bond acceptors (Lipinski definition) is 4. The van der Waals surface area contributed by atoms with Gasteiger partial charge in [0, 0.05) is 31.7 Å². The van der Waals surface area contributed by atoms with E-state index in [-0.39, 0.29) is 44.4 Å². The molecule has 2 aromatic heterocycles. The van der Waals surface area contributed by atoms with Gasteiger partial charge in [0.2, 0.25) is 11.8 Å². The number of rotatable bonds is 5. The summed E-state index contributed by atoms with van der Waals surface area (Å²) in [6, 6.07) is 2.31. The van der Waals surface area contributed by atoms with E-state index in [9.17, 15) is 36.6 Å². The zero-order valence-corrected chi connectivity index (χ0v) is 18.0. The normalized spacial score (nSPS) is 24.6. The van der Waals surface area contributed by atoms with E-state index in [0.29, 0.717) is 17.0 Å². The van der Waals surface area contributed by atoms with Gasteiger partial charge in [0.05, 0.1) is 29.5 Å². The van der Waals surface area contributed by atoms with E-state index in [1.54, 1.807) is 12.1 Å². The van der Waals surface area contributed by atoms with Crippen LogP contribution in [0, 0.1) is 17.8 Å². The number of piperidine rings is 1. The van der Waals surface area contributed by atoms with E-state index < -0.39 is 48.5 Å². The fourth-order valence-electron chi connectivity index (χ4n) is 4.74. The second-order valence-corrected chi connectivity index (χ2v) is 9.03. The van der Waals surface area contributed by atoms with Crippen molar-refractivity contribution in [3.8, 4) is 0 Å². The van der Waals surface area contributed by atoms with E-state index in [0.717, 1.165) is 0 Å². The number of carboxylic acid groups (broad SMARTS) is 1. The molecule has 34 heavy (non-hydrogen) atoms. The number of nitrogens with zero attached hydrogens (tertiary/aromatic N) is 3. The number of carbonyl (C=O) groups is 2. The van der Waals surface area contributed by atoms with Gasteiger partial charge in [0.25, 0.3) is 0 Å². The fourth-order valence-corrected chi connectivity index (χ4v) is 4.74. The molecule has 8 nitrogen and oxygen atoms in total. The molecule has 13 heteroatoms. The summed E-state index contributed by atoms with van der Waals surface area (Å²) in [5, 5.41) is 18.3. The molecule has 186 valence electrons. The van der Waals surface area contributed by atoms with E-state index in [1.807, 2.05) is 0 Å². The van der Waals surface area contributed by atoms with Gasteiger partial charge in [-0.1, -0.05) is 0 Å². The molecule has 0 aromatic carbocycles. The number of amides is 2. The monoisotopic (exact) mass is 489 g/mol. The predicted octanol–water partition coefficient (Wildman–Crippen LogP) is 3.72. The predicted molar refractivity (Wildman–Crippen MR) is 108 cm³/mol. The van der Waals surface area contributed by atoms with Crippen molar-refractivity contribution in [1.29, 1.82) is 0 Å². The Morgan fingerprint density at radius 1 is 1.29 bits per heavy atom. The first-order valence-corrected chi connectivity index (χ1v) is 11.0. The minimum absolute atomic E-state index is 0.00359. The topological polar surface area (TPSA) is 109 Å². The number of carbonyl (C=O) groups excluding carboxylic acids is 1. The van der Waals surface area contributed by atoms with Crippen LogP contribution >= 0.6 is 0 Å². The highest BCUT2D eigenvalue weighted by molar-refractivity contribution is 5.79. The summed E-state index contributed by atoms with van der Waals surface area (Å²) < 4.78 is 67.8. The zero-order valence-electron chi connectivity index (χ0n) is 18.0. The first kappa shape index (κ1) is 24.1. The summed E-state index contributed by atoms with van der Waals surface area (Å²) in [7, 11) is 0. The van der Waals surface area contributed by atoms with Gasteiger partial charge in [-0.05, 0) is 37.3 Å². The maximum Gasteiger partial charge on any atom is 0.405 e. The van der Waals surface area contributed by atoms with Gasteiger partial charge in [0.1, 0.15) is 0 Å². The van der Waals surface area contributed by atoms with Crippen molar-refractivity contribution in [3.05, 3.63) is 29.7 Å². The third-order valence-electron chi connectivity index (χ3n) is 6.61. The number of nitrogens with one attached hydrogen (secondary N) is 2. The van der Waals surface area contributed by atoms with Crippen molar-refractivity contribution in [2.24, 2.45) is 17.8 Å². The lowest BCUT2D eigenvalue weighted by Crippen LogP contribution is -2.47. The largest absolute Gasteiger partial charge is 0.465 e. The van der Waals surface area contributed by atoms with Crippen LogP contribution in [-0.4, -0.2) is 50.3 Å². The maximum absolute atomic E-state index is 13.6. The van der Waals surface area contributed by atoms with Crippen LogP contribution in [0.25, 0.3) is 5.65 Å². The molecule has 0 spiro atoms. The zero-order chi connectivity index (χ0) is 24.7. The van der Waals surface area contributed by atoms with Gasteiger partial charge in [-0.2, -0.15) is 18.3 Å². The highest BCUT2D eigenvalue weighted by Crippen LogP contribution is 2.41. The van der Waals surface area contributed by atoms with Crippen LogP contribution in [0.4, 0.5) is 26.7 Å². The number of halogens is 5. The molecule has 1 unspecified atom stereocenters. The Morgan fingerprint density at radius 3 is 2.65 bits per heavy atom. The van der Waals surface area contributed by atoms with Crippen LogP contribution in [0.15, 0.2) is 18.3 Å². The Labute approximate surface area is 190 Å². The Morgan fingerprint density at radius 2 is 2.00 bits per heavy atom. The summed E-state index contributed by atoms with van der Waals surface area (Å²) in [5.74, 6) is -6.11. The molecular formula is C21H24F5N5O3. The number of alkyl halides is 5. The second-order valence-electron chi connectivity index (χ2n) is 9.03. The summed E-state index contributed by atoms with van der Waals surface area (Å²) in [6.45, 7) is -0.443. The van der Waals surface area contributed by atoms with Crippen molar-refractivity contribution in [1.82, 2.24) is 25.2 Å². The van der Waals surface area contributed by atoms with Gasteiger partial charge in [-0.3, -0.25) is 4.79 Å². The lowest BCUT2D eigenvalue weighted by atomic mass is 9.81. The Balaban J connectivity index is 1.53. The van der Waals surface area contributed by atoms with Gasteiger partial charge >= 0.3 is 12.3 Å². The van der Waals surface area contributed by atoms with Crippen molar-refractivity contribution < 1.29 is 36.6 Å². The molecule has 4 rings (SSSR count). The SMILES string of the molecule is O=C(O)N[C@H](c1cn2nc(CC3C[C@H](C(F)(F)F)CNC3=O)ccc2n1)C1CCC(F)(F)CC1. The van der Waals surface area contributed by atoms with Crippen molar-refractivity contribution >= 4 is 17.6 Å². The molecule has 2 fully saturated rings. The smallest absolute Gasteiger partial charge is 0.405 e. The van der Waals surface area contributed by atoms with Crippen molar-refractivity contribution in [2.75, 3.05) is 6.54 Å². The molecule has 3 N–H and O–H groups in total. The summed E-state index contributed by atoms with van der Waals surface area (Å²) in [6.07, 6.45) is -5.00. The Bertz CT molecular complexity index is 1060. The highest BCUT2D eigenvalue weighted by Gasteiger charge is 2.45. The van der Waals surface area contributed by atoms with Gasteiger partial charge in [-0.15, -0.1) is 0 Å². The van der Waals surface area contributed by atoms with Crippen LogP contribution in [0.1, 0.15) is 49.5 Å². The third-order valence-corrected chi connectivity index (χ3v) is 6.61. The van der Waals surface area contributed by atoms with Crippen LogP contribution in [0.2, 0.25) is 0 Å². The van der Waals surface area contributed by atoms with Crippen LogP contribution in [-0.2, 0) is 11.2 Å². The molecule has 1 saturated carbocycles. The molecule has 1 aliphatic carbocycles. The average Bonchev–Trinajstić information content (AvgIpc) is 3.16. The molecule has 2 amide bonds. The number of imidazole rings is 1. The minimum Gasteiger partial charge on any atom is -0.465 e.